The van der Waals surface area contributed by atoms with Crippen molar-refractivity contribution in [3.05, 3.63) is 29.1 Å². The maximum absolute atomic E-state index is 12.6. The van der Waals surface area contributed by atoms with Gasteiger partial charge in [-0.1, -0.05) is 19.8 Å². The van der Waals surface area contributed by atoms with E-state index in [0.717, 1.165) is 25.3 Å². The zero-order valence-electron chi connectivity index (χ0n) is 13.1. The van der Waals surface area contributed by atoms with Gasteiger partial charge in [0.15, 0.2) is 0 Å². The van der Waals surface area contributed by atoms with Gasteiger partial charge in [0.05, 0.1) is 11.3 Å². The third kappa shape index (κ3) is 3.42. The van der Waals surface area contributed by atoms with E-state index in [-0.39, 0.29) is 23.2 Å². The average molecular weight is 314 g/mol. The Labute approximate surface area is 128 Å². The lowest BCUT2D eigenvalue weighted by Crippen LogP contribution is -2.43. The molecule has 1 aromatic heterocycles. The van der Waals surface area contributed by atoms with Crippen LogP contribution in [0.15, 0.2) is 12.1 Å². The Morgan fingerprint density at radius 1 is 1.27 bits per heavy atom. The van der Waals surface area contributed by atoms with Crippen LogP contribution in [0.2, 0.25) is 0 Å². The number of rotatable bonds is 2. The first-order valence-corrected chi connectivity index (χ1v) is 7.54. The highest BCUT2D eigenvalue weighted by molar-refractivity contribution is 5.95. The van der Waals surface area contributed by atoms with Crippen molar-refractivity contribution in [2.45, 2.75) is 51.7 Å². The first-order chi connectivity index (χ1) is 10.2. The fourth-order valence-corrected chi connectivity index (χ4v) is 3.16. The van der Waals surface area contributed by atoms with Crippen LogP contribution < -0.4 is 0 Å². The molecule has 0 N–H and O–H groups in total. The van der Waals surface area contributed by atoms with E-state index in [1.54, 1.807) is 11.9 Å². The summed E-state index contributed by atoms with van der Waals surface area (Å²) in [5, 5.41) is 0. The van der Waals surface area contributed by atoms with Gasteiger partial charge in [-0.05, 0) is 37.8 Å². The van der Waals surface area contributed by atoms with Crippen LogP contribution in [0.1, 0.15) is 54.4 Å². The summed E-state index contributed by atoms with van der Waals surface area (Å²) in [5.74, 6) is 0.155. The van der Waals surface area contributed by atoms with Crippen LogP contribution in [-0.2, 0) is 6.18 Å². The van der Waals surface area contributed by atoms with Crippen molar-refractivity contribution in [3.8, 4) is 0 Å². The zero-order chi connectivity index (χ0) is 16.5. The normalized spacial score (nSPS) is 22.5. The third-order valence-corrected chi connectivity index (χ3v) is 4.49. The number of nitrogens with zero attached hydrogens (tertiary/aromatic N) is 2. The SMILES string of the molecule is Cc1nc(C(F)(F)F)ccc1C(=O)N(C)C1CCCCC1C. The molecular formula is C16H21F3N2O. The minimum atomic E-state index is -4.49. The molecule has 1 aliphatic rings. The van der Waals surface area contributed by atoms with E-state index in [4.69, 9.17) is 0 Å². The topological polar surface area (TPSA) is 33.2 Å². The van der Waals surface area contributed by atoms with Gasteiger partial charge in [0.2, 0.25) is 0 Å². The van der Waals surface area contributed by atoms with Gasteiger partial charge in [-0.2, -0.15) is 13.2 Å². The van der Waals surface area contributed by atoms with E-state index in [2.05, 4.69) is 11.9 Å². The molecule has 2 rings (SSSR count). The standard InChI is InChI=1S/C16H21F3N2O/c1-10-6-4-5-7-13(10)21(3)15(22)12-8-9-14(16(17,18)19)20-11(12)2/h8-10,13H,4-7H2,1-3H3. The predicted molar refractivity (Wildman–Crippen MR) is 77.5 cm³/mol. The molecule has 0 saturated heterocycles. The summed E-state index contributed by atoms with van der Waals surface area (Å²) in [4.78, 5) is 17.8. The van der Waals surface area contributed by atoms with Gasteiger partial charge in [0.25, 0.3) is 5.91 Å². The van der Waals surface area contributed by atoms with Gasteiger partial charge in [-0.25, -0.2) is 4.98 Å². The fraction of sp³-hybridized carbons (Fsp3) is 0.625. The number of hydrogen-bond donors (Lipinski definition) is 0. The largest absolute Gasteiger partial charge is 0.433 e. The molecule has 0 bridgehead atoms. The monoisotopic (exact) mass is 314 g/mol. The molecule has 1 amide bonds. The van der Waals surface area contributed by atoms with Crippen molar-refractivity contribution < 1.29 is 18.0 Å². The van der Waals surface area contributed by atoms with E-state index in [1.165, 1.54) is 19.4 Å². The number of carbonyl (C=O) groups excluding carboxylic acids is 1. The van der Waals surface area contributed by atoms with Crippen molar-refractivity contribution in [1.29, 1.82) is 0 Å². The highest BCUT2D eigenvalue weighted by Crippen LogP contribution is 2.30. The number of aromatic nitrogens is 1. The molecule has 122 valence electrons. The summed E-state index contributed by atoms with van der Waals surface area (Å²) in [6.07, 6.45) is -0.226. The van der Waals surface area contributed by atoms with E-state index >= 15 is 0 Å². The molecule has 0 radical (unpaired) electrons. The van der Waals surface area contributed by atoms with Crippen LogP contribution in [0.5, 0.6) is 0 Å². The minimum absolute atomic E-state index is 0.120. The number of aryl methyl sites for hydroxylation is 1. The number of halogens is 3. The second-order valence-corrected chi connectivity index (χ2v) is 6.07. The summed E-state index contributed by atoms with van der Waals surface area (Å²) in [6, 6.07) is 2.25. The maximum atomic E-state index is 12.6. The maximum Gasteiger partial charge on any atom is 0.433 e. The van der Waals surface area contributed by atoms with Crippen molar-refractivity contribution in [2.24, 2.45) is 5.92 Å². The van der Waals surface area contributed by atoms with Gasteiger partial charge < -0.3 is 4.90 Å². The van der Waals surface area contributed by atoms with E-state index in [1.807, 2.05) is 0 Å². The minimum Gasteiger partial charge on any atom is -0.338 e. The second kappa shape index (κ2) is 6.26. The molecule has 22 heavy (non-hydrogen) atoms. The number of carbonyl (C=O) groups is 1. The van der Waals surface area contributed by atoms with Gasteiger partial charge in [-0.15, -0.1) is 0 Å². The van der Waals surface area contributed by atoms with Crippen molar-refractivity contribution in [2.75, 3.05) is 7.05 Å². The number of amides is 1. The number of pyridine rings is 1. The summed E-state index contributed by atoms with van der Waals surface area (Å²) in [6.45, 7) is 3.56. The zero-order valence-corrected chi connectivity index (χ0v) is 13.1. The lowest BCUT2D eigenvalue weighted by molar-refractivity contribution is -0.141. The average Bonchev–Trinajstić information content (AvgIpc) is 2.45. The molecule has 0 aromatic carbocycles. The predicted octanol–water partition coefficient (Wildman–Crippen LogP) is 4.06. The van der Waals surface area contributed by atoms with Gasteiger partial charge >= 0.3 is 6.18 Å². The fourth-order valence-electron chi connectivity index (χ4n) is 3.16. The first kappa shape index (κ1) is 16.8. The molecule has 0 spiro atoms. The molecule has 3 nitrogen and oxygen atoms in total. The lowest BCUT2D eigenvalue weighted by atomic mass is 9.85. The van der Waals surface area contributed by atoms with Crippen LogP contribution in [-0.4, -0.2) is 28.9 Å². The summed E-state index contributed by atoms with van der Waals surface area (Å²) in [5.41, 5.74) is -0.598. The smallest absolute Gasteiger partial charge is 0.338 e. The van der Waals surface area contributed by atoms with Crippen LogP contribution in [0, 0.1) is 12.8 Å². The highest BCUT2D eigenvalue weighted by Gasteiger charge is 2.34. The Morgan fingerprint density at radius 2 is 1.91 bits per heavy atom. The van der Waals surface area contributed by atoms with Crippen LogP contribution in [0.4, 0.5) is 13.2 Å². The summed E-state index contributed by atoms with van der Waals surface area (Å²) < 4.78 is 37.9. The Balaban J connectivity index is 2.22. The molecular weight excluding hydrogens is 293 g/mol. The Bertz CT molecular complexity index is 557. The first-order valence-electron chi connectivity index (χ1n) is 7.54. The van der Waals surface area contributed by atoms with Crippen LogP contribution in [0.3, 0.4) is 0 Å². The van der Waals surface area contributed by atoms with E-state index in [9.17, 15) is 18.0 Å². The van der Waals surface area contributed by atoms with Crippen LogP contribution >= 0.6 is 0 Å². The van der Waals surface area contributed by atoms with Crippen molar-refractivity contribution in [3.63, 3.8) is 0 Å². The molecule has 0 aliphatic heterocycles. The number of hydrogen-bond acceptors (Lipinski definition) is 2. The van der Waals surface area contributed by atoms with Gasteiger partial charge in [-0.3, -0.25) is 4.79 Å². The quantitative estimate of drug-likeness (QED) is 0.825. The van der Waals surface area contributed by atoms with E-state index < -0.39 is 11.9 Å². The lowest BCUT2D eigenvalue weighted by Gasteiger charge is -2.36. The second-order valence-electron chi connectivity index (χ2n) is 6.07. The van der Waals surface area contributed by atoms with Crippen molar-refractivity contribution in [1.82, 2.24) is 9.88 Å². The number of alkyl halides is 3. The molecule has 1 saturated carbocycles. The molecule has 2 unspecified atom stereocenters. The molecule has 1 aliphatic carbocycles. The molecule has 2 atom stereocenters. The Kier molecular flexibility index (Phi) is 4.78. The van der Waals surface area contributed by atoms with Crippen LogP contribution in [0.25, 0.3) is 0 Å². The van der Waals surface area contributed by atoms with E-state index in [0.29, 0.717) is 5.92 Å². The van der Waals surface area contributed by atoms with Crippen molar-refractivity contribution >= 4 is 5.91 Å². The Hall–Kier alpha value is -1.59. The van der Waals surface area contributed by atoms with Gasteiger partial charge in [0.1, 0.15) is 5.69 Å². The summed E-state index contributed by atoms with van der Waals surface area (Å²) >= 11 is 0. The third-order valence-electron chi connectivity index (χ3n) is 4.49. The van der Waals surface area contributed by atoms with Gasteiger partial charge in [0, 0.05) is 13.1 Å². The Morgan fingerprint density at radius 3 is 2.45 bits per heavy atom. The molecule has 1 fully saturated rings. The summed E-state index contributed by atoms with van der Waals surface area (Å²) in [7, 11) is 1.73. The molecule has 1 aromatic rings. The molecule has 6 heteroatoms. The molecule has 1 heterocycles. The highest BCUT2D eigenvalue weighted by atomic mass is 19.4.